The molecule has 2 aromatic rings. The van der Waals surface area contributed by atoms with Crippen molar-refractivity contribution in [3.8, 4) is 0 Å². The number of hydrogen-bond acceptors (Lipinski definition) is 3. The molecule has 2 unspecified atom stereocenters. The summed E-state index contributed by atoms with van der Waals surface area (Å²) >= 11 is 1.67. The third-order valence-electron chi connectivity index (χ3n) is 4.13. The highest BCUT2D eigenvalue weighted by molar-refractivity contribution is 7.09. The smallest absolute Gasteiger partial charge is 0.239 e. The fraction of sp³-hybridized carbons (Fsp3) is 0.353. The van der Waals surface area contributed by atoms with E-state index in [9.17, 15) is 4.79 Å². The topological polar surface area (TPSA) is 32.1 Å². The van der Waals surface area contributed by atoms with Crippen molar-refractivity contribution < 1.29 is 4.79 Å². The van der Waals surface area contributed by atoms with Gasteiger partial charge in [0.15, 0.2) is 0 Å². The molecule has 4 heteroatoms. The molecule has 0 aliphatic carbocycles. The summed E-state index contributed by atoms with van der Waals surface area (Å²) in [5.41, 5.74) is 1.14. The molecule has 1 aromatic carbocycles. The molecule has 2 heterocycles. The van der Waals surface area contributed by atoms with Crippen molar-refractivity contribution in [3.63, 3.8) is 0 Å². The Balaban J connectivity index is 1.59. The molecule has 21 heavy (non-hydrogen) atoms. The minimum atomic E-state index is -0.105. The molecule has 0 bridgehead atoms. The van der Waals surface area contributed by atoms with E-state index in [1.54, 1.807) is 11.3 Å². The number of carbonyl (C=O) groups is 1. The van der Waals surface area contributed by atoms with E-state index < -0.39 is 0 Å². The van der Waals surface area contributed by atoms with E-state index in [0.29, 0.717) is 6.54 Å². The van der Waals surface area contributed by atoms with Crippen LogP contribution in [0.15, 0.2) is 47.8 Å². The molecule has 3 rings (SSSR count). The van der Waals surface area contributed by atoms with Gasteiger partial charge in [-0.1, -0.05) is 36.4 Å². The molecular weight excluding hydrogens is 280 g/mol. The molecule has 0 radical (unpaired) electrons. The second-order valence-electron chi connectivity index (χ2n) is 5.89. The predicted octanol–water partition coefficient (Wildman–Crippen LogP) is 2.98. The van der Waals surface area contributed by atoms with Gasteiger partial charge in [0.25, 0.3) is 0 Å². The first-order chi connectivity index (χ1) is 10.1. The summed E-state index contributed by atoms with van der Waals surface area (Å²) in [6.45, 7) is 5.81. The van der Waals surface area contributed by atoms with Crippen molar-refractivity contribution in [2.75, 3.05) is 6.54 Å². The van der Waals surface area contributed by atoms with Crippen molar-refractivity contribution in [3.05, 3.63) is 58.3 Å². The van der Waals surface area contributed by atoms with Gasteiger partial charge in [0.05, 0.1) is 6.54 Å². The van der Waals surface area contributed by atoms with Crippen LogP contribution >= 0.6 is 11.3 Å². The van der Waals surface area contributed by atoms with E-state index in [-0.39, 0.29) is 17.5 Å². The van der Waals surface area contributed by atoms with Gasteiger partial charge >= 0.3 is 0 Å². The normalized spacial score (nSPS) is 21.0. The summed E-state index contributed by atoms with van der Waals surface area (Å²) in [5, 5.41) is 5.06. The molecule has 1 amide bonds. The fourth-order valence-corrected chi connectivity index (χ4v) is 3.34. The zero-order valence-corrected chi connectivity index (χ0v) is 13.2. The molecule has 110 valence electrons. The standard InChI is InChI=1S/C17H20N2OS/c1-17(2,13-7-4-3-5-8-13)19-12-15(19)16(20)18-11-14-9-6-10-21-14/h3-10,15H,11-12H2,1-2H3,(H,18,20). The third kappa shape index (κ3) is 3.01. The Morgan fingerprint density at radius 2 is 2.05 bits per heavy atom. The van der Waals surface area contributed by atoms with Crippen LogP contribution in [-0.4, -0.2) is 23.4 Å². The van der Waals surface area contributed by atoms with Gasteiger partial charge in [0.1, 0.15) is 6.04 Å². The molecule has 0 saturated carbocycles. The van der Waals surface area contributed by atoms with E-state index in [4.69, 9.17) is 0 Å². The number of carbonyl (C=O) groups excluding carboxylic acids is 1. The first-order valence-electron chi connectivity index (χ1n) is 7.21. The maximum atomic E-state index is 12.2. The Morgan fingerprint density at radius 1 is 1.29 bits per heavy atom. The summed E-state index contributed by atoms with van der Waals surface area (Å²) in [4.78, 5) is 15.7. The summed E-state index contributed by atoms with van der Waals surface area (Å²) in [6, 6.07) is 14.4. The van der Waals surface area contributed by atoms with E-state index in [1.807, 2.05) is 35.7 Å². The second-order valence-corrected chi connectivity index (χ2v) is 6.92. The Kier molecular flexibility index (Phi) is 3.83. The van der Waals surface area contributed by atoms with Crippen LogP contribution < -0.4 is 5.32 Å². The van der Waals surface area contributed by atoms with Crippen molar-refractivity contribution in [2.45, 2.75) is 32.0 Å². The highest BCUT2D eigenvalue weighted by atomic mass is 32.1. The molecule has 1 aliphatic heterocycles. The van der Waals surface area contributed by atoms with Gasteiger partial charge in [-0.3, -0.25) is 9.69 Å². The Morgan fingerprint density at radius 3 is 2.71 bits per heavy atom. The Hall–Kier alpha value is -1.65. The monoisotopic (exact) mass is 300 g/mol. The van der Waals surface area contributed by atoms with Gasteiger partial charge in [-0.2, -0.15) is 0 Å². The first-order valence-corrected chi connectivity index (χ1v) is 8.09. The van der Waals surface area contributed by atoms with Crippen molar-refractivity contribution in [1.29, 1.82) is 0 Å². The van der Waals surface area contributed by atoms with Gasteiger partial charge < -0.3 is 5.32 Å². The molecule has 0 spiro atoms. The number of benzene rings is 1. The molecular formula is C17H20N2OS. The molecule has 2 atom stereocenters. The van der Waals surface area contributed by atoms with Crippen LogP contribution in [0.4, 0.5) is 0 Å². The van der Waals surface area contributed by atoms with Gasteiger partial charge in [-0.25, -0.2) is 0 Å². The number of rotatable bonds is 5. The average Bonchev–Trinajstić information content (AvgIpc) is 3.16. The predicted molar refractivity (Wildman–Crippen MR) is 86.1 cm³/mol. The summed E-state index contributed by atoms with van der Waals surface area (Å²) in [5.74, 6) is 0.132. The third-order valence-corrected chi connectivity index (χ3v) is 5.01. The Bertz CT molecular complexity index is 607. The number of thiophene rings is 1. The van der Waals surface area contributed by atoms with E-state index >= 15 is 0 Å². The molecule has 1 fully saturated rings. The number of nitrogens with one attached hydrogen (secondary N) is 1. The van der Waals surface area contributed by atoms with Gasteiger partial charge in [-0.15, -0.1) is 11.3 Å². The van der Waals surface area contributed by atoms with Crippen molar-refractivity contribution >= 4 is 17.2 Å². The maximum Gasteiger partial charge on any atom is 0.239 e. The summed E-state index contributed by atoms with van der Waals surface area (Å²) in [7, 11) is 0. The lowest BCUT2D eigenvalue weighted by atomic mass is 9.94. The van der Waals surface area contributed by atoms with Crippen LogP contribution in [0.3, 0.4) is 0 Å². The zero-order valence-electron chi connectivity index (χ0n) is 12.4. The molecule has 1 aliphatic rings. The van der Waals surface area contributed by atoms with Crippen molar-refractivity contribution in [1.82, 2.24) is 10.2 Å². The van der Waals surface area contributed by atoms with Crippen LogP contribution in [0.1, 0.15) is 24.3 Å². The average molecular weight is 300 g/mol. The van der Waals surface area contributed by atoms with E-state index in [1.165, 1.54) is 10.4 Å². The number of nitrogens with zero attached hydrogens (tertiary/aromatic N) is 1. The van der Waals surface area contributed by atoms with Crippen LogP contribution in [0.2, 0.25) is 0 Å². The molecule has 1 aromatic heterocycles. The van der Waals surface area contributed by atoms with Crippen LogP contribution in [0, 0.1) is 0 Å². The zero-order chi connectivity index (χ0) is 14.9. The quantitative estimate of drug-likeness (QED) is 0.861. The largest absolute Gasteiger partial charge is 0.350 e. The van der Waals surface area contributed by atoms with Crippen LogP contribution in [0.25, 0.3) is 0 Å². The highest BCUT2D eigenvalue weighted by Gasteiger charge is 2.49. The lowest BCUT2D eigenvalue weighted by Gasteiger charge is -2.28. The lowest BCUT2D eigenvalue weighted by Crippen LogP contribution is -2.35. The summed E-state index contributed by atoms with van der Waals surface area (Å²) < 4.78 is 0. The lowest BCUT2D eigenvalue weighted by molar-refractivity contribution is -0.121. The minimum Gasteiger partial charge on any atom is -0.350 e. The molecule has 1 saturated heterocycles. The first kappa shape index (κ1) is 14.3. The summed E-state index contributed by atoms with van der Waals surface area (Å²) in [6.07, 6.45) is 0. The minimum absolute atomic E-state index is 0.000156. The van der Waals surface area contributed by atoms with Gasteiger partial charge in [0, 0.05) is 17.0 Å². The van der Waals surface area contributed by atoms with E-state index in [2.05, 4.69) is 36.2 Å². The molecule has 1 N–H and O–H groups in total. The SMILES string of the molecule is CC(C)(c1ccccc1)N1CC1C(=O)NCc1cccs1. The number of hydrogen-bond donors (Lipinski definition) is 1. The van der Waals surface area contributed by atoms with Crippen LogP contribution in [-0.2, 0) is 16.9 Å². The number of amides is 1. The van der Waals surface area contributed by atoms with E-state index in [0.717, 1.165) is 6.54 Å². The van der Waals surface area contributed by atoms with Crippen molar-refractivity contribution in [2.24, 2.45) is 0 Å². The van der Waals surface area contributed by atoms with Gasteiger partial charge in [-0.05, 0) is 30.9 Å². The fourth-order valence-electron chi connectivity index (χ4n) is 2.70. The second kappa shape index (κ2) is 5.62. The molecule has 3 nitrogen and oxygen atoms in total. The van der Waals surface area contributed by atoms with Gasteiger partial charge in [0.2, 0.25) is 5.91 Å². The Labute approximate surface area is 129 Å². The highest BCUT2D eigenvalue weighted by Crippen LogP contribution is 2.37. The van der Waals surface area contributed by atoms with Crippen LogP contribution in [0.5, 0.6) is 0 Å². The maximum absolute atomic E-state index is 12.2.